The maximum absolute atomic E-state index is 13.6. The summed E-state index contributed by atoms with van der Waals surface area (Å²) in [6.45, 7) is 2.42. The molecule has 3 aromatic rings. The van der Waals surface area contributed by atoms with E-state index in [0.717, 1.165) is 22.3 Å². The smallest absolute Gasteiger partial charge is 0.244 e. The van der Waals surface area contributed by atoms with E-state index in [0.29, 0.717) is 30.9 Å². The predicted octanol–water partition coefficient (Wildman–Crippen LogP) is 3.49. The second-order valence-corrected chi connectivity index (χ2v) is 10.5. The third kappa shape index (κ3) is 5.33. The van der Waals surface area contributed by atoms with Gasteiger partial charge in [-0.25, -0.2) is 8.42 Å². The summed E-state index contributed by atoms with van der Waals surface area (Å²) in [6, 6.07) is 19.2. The molecule has 3 aromatic carbocycles. The van der Waals surface area contributed by atoms with Crippen LogP contribution in [0.25, 0.3) is 0 Å². The highest BCUT2D eigenvalue weighted by Crippen LogP contribution is 2.30. The third-order valence-corrected chi connectivity index (χ3v) is 8.17. The van der Waals surface area contributed by atoms with Gasteiger partial charge in [-0.15, -0.1) is 0 Å². The van der Waals surface area contributed by atoms with Crippen LogP contribution < -0.4 is 14.8 Å². The first-order valence-corrected chi connectivity index (χ1v) is 12.9. The Kier molecular flexibility index (Phi) is 7.42. The number of fused-ring (bicyclic) bond motifs is 1. The molecular formula is C27H30N2O5S. The second-order valence-electron chi connectivity index (χ2n) is 8.58. The highest BCUT2D eigenvalue weighted by atomic mass is 32.2. The molecule has 4 rings (SSSR count). The van der Waals surface area contributed by atoms with E-state index in [2.05, 4.69) is 5.32 Å². The zero-order valence-corrected chi connectivity index (χ0v) is 21.0. The molecule has 1 amide bonds. The van der Waals surface area contributed by atoms with Crippen LogP contribution in [0.1, 0.15) is 22.3 Å². The topological polar surface area (TPSA) is 84.9 Å². The highest BCUT2D eigenvalue weighted by molar-refractivity contribution is 7.89. The Morgan fingerprint density at radius 3 is 2.34 bits per heavy atom. The van der Waals surface area contributed by atoms with Crippen LogP contribution in [0.5, 0.6) is 11.5 Å². The lowest BCUT2D eigenvalue weighted by Gasteiger charge is -2.35. The summed E-state index contributed by atoms with van der Waals surface area (Å²) in [5.41, 5.74) is 3.85. The van der Waals surface area contributed by atoms with Gasteiger partial charge < -0.3 is 14.8 Å². The fourth-order valence-electron chi connectivity index (χ4n) is 4.30. The largest absolute Gasteiger partial charge is 0.493 e. The van der Waals surface area contributed by atoms with Crippen molar-refractivity contribution < 1.29 is 22.7 Å². The molecule has 0 saturated heterocycles. The van der Waals surface area contributed by atoms with Crippen molar-refractivity contribution in [3.63, 3.8) is 0 Å². The van der Waals surface area contributed by atoms with Gasteiger partial charge in [0.15, 0.2) is 11.5 Å². The summed E-state index contributed by atoms with van der Waals surface area (Å²) < 4.78 is 39.1. The van der Waals surface area contributed by atoms with Crippen molar-refractivity contribution in [2.24, 2.45) is 0 Å². The number of amides is 1. The van der Waals surface area contributed by atoms with Crippen molar-refractivity contribution in [1.82, 2.24) is 9.62 Å². The number of nitrogens with one attached hydrogen (secondary N) is 1. The number of hydrogen-bond acceptors (Lipinski definition) is 5. The van der Waals surface area contributed by atoms with E-state index in [1.165, 1.54) is 4.31 Å². The number of methoxy groups -OCH3 is 2. The second kappa shape index (κ2) is 10.5. The number of benzene rings is 3. The molecule has 1 unspecified atom stereocenters. The van der Waals surface area contributed by atoms with Gasteiger partial charge in [-0.05, 0) is 60.7 Å². The fourth-order valence-corrected chi connectivity index (χ4v) is 5.87. The highest BCUT2D eigenvalue weighted by Gasteiger charge is 2.39. The van der Waals surface area contributed by atoms with Gasteiger partial charge in [0, 0.05) is 13.1 Å². The van der Waals surface area contributed by atoms with Crippen molar-refractivity contribution >= 4 is 15.9 Å². The number of sulfonamides is 1. The Hall–Kier alpha value is -3.36. The summed E-state index contributed by atoms with van der Waals surface area (Å²) in [7, 11) is -0.711. The Morgan fingerprint density at radius 2 is 1.66 bits per heavy atom. The molecule has 0 radical (unpaired) electrons. The molecule has 1 atom stereocenters. The van der Waals surface area contributed by atoms with E-state index in [1.807, 2.05) is 49.4 Å². The molecule has 1 aliphatic rings. The van der Waals surface area contributed by atoms with Crippen molar-refractivity contribution in [2.45, 2.75) is 37.2 Å². The molecule has 1 N–H and O–H groups in total. The standard InChI is InChI=1S/C27H30N2O5S/c1-19-8-11-23(12-9-19)35(31,32)29-18-22-7-5-4-6-21(22)17-24(29)27(30)28-15-14-20-10-13-25(33-2)26(16-20)34-3/h4-13,16,24H,14-15,17-18H2,1-3H3,(H,28,30). The summed E-state index contributed by atoms with van der Waals surface area (Å²) in [6.07, 6.45) is 0.892. The minimum atomic E-state index is -3.87. The Balaban J connectivity index is 1.53. The molecule has 0 aromatic heterocycles. The molecule has 0 saturated carbocycles. The first kappa shape index (κ1) is 24.8. The van der Waals surface area contributed by atoms with E-state index in [1.54, 1.807) is 38.5 Å². The van der Waals surface area contributed by atoms with E-state index in [9.17, 15) is 13.2 Å². The van der Waals surface area contributed by atoms with Crippen LogP contribution in [0.4, 0.5) is 0 Å². The Labute approximate surface area is 206 Å². The van der Waals surface area contributed by atoms with Gasteiger partial charge in [-0.2, -0.15) is 4.31 Å². The Bertz CT molecular complexity index is 1310. The fraction of sp³-hybridized carbons (Fsp3) is 0.296. The summed E-state index contributed by atoms with van der Waals surface area (Å²) in [4.78, 5) is 13.5. The van der Waals surface area contributed by atoms with E-state index >= 15 is 0 Å². The summed E-state index contributed by atoms with van der Waals surface area (Å²) in [5, 5.41) is 2.94. The predicted molar refractivity (Wildman–Crippen MR) is 134 cm³/mol. The minimum Gasteiger partial charge on any atom is -0.493 e. The number of nitrogens with zero attached hydrogens (tertiary/aromatic N) is 1. The third-order valence-electron chi connectivity index (χ3n) is 6.30. The molecule has 35 heavy (non-hydrogen) atoms. The van der Waals surface area contributed by atoms with Crippen molar-refractivity contribution in [2.75, 3.05) is 20.8 Å². The molecule has 0 bridgehead atoms. The zero-order chi connectivity index (χ0) is 25.0. The number of carbonyl (C=O) groups excluding carboxylic acids is 1. The van der Waals surface area contributed by atoms with E-state index in [4.69, 9.17) is 9.47 Å². The van der Waals surface area contributed by atoms with Gasteiger partial charge in [0.2, 0.25) is 15.9 Å². The van der Waals surface area contributed by atoms with Crippen molar-refractivity contribution in [3.8, 4) is 11.5 Å². The van der Waals surface area contributed by atoms with E-state index in [-0.39, 0.29) is 17.3 Å². The average molecular weight is 495 g/mol. The van der Waals surface area contributed by atoms with Gasteiger partial charge in [0.25, 0.3) is 0 Å². The molecule has 7 nitrogen and oxygen atoms in total. The van der Waals surface area contributed by atoms with Gasteiger partial charge in [-0.1, -0.05) is 48.0 Å². The Morgan fingerprint density at radius 1 is 0.971 bits per heavy atom. The minimum absolute atomic E-state index is 0.153. The molecule has 8 heteroatoms. The monoisotopic (exact) mass is 494 g/mol. The van der Waals surface area contributed by atoms with Crippen LogP contribution in [-0.4, -0.2) is 45.4 Å². The van der Waals surface area contributed by atoms with Gasteiger partial charge >= 0.3 is 0 Å². The van der Waals surface area contributed by atoms with Crippen LogP contribution >= 0.6 is 0 Å². The van der Waals surface area contributed by atoms with Crippen molar-refractivity contribution in [1.29, 1.82) is 0 Å². The van der Waals surface area contributed by atoms with Crippen LogP contribution in [0.3, 0.4) is 0 Å². The van der Waals surface area contributed by atoms with Crippen LogP contribution in [0.15, 0.2) is 71.6 Å². The molecular weight excluding hydrogens is 464 g/mol. The summed E-state index contributed by atoms with van der Waals surface area (Å²) >= 11 is 0. The van der Waals surface area contributed by atoms with Crippen LogP contribution in [-0.2, 0) is 34.2 Å². The SMILES string of the molecule is COc1ccc(CCNC(=O)C2Cc3ccccc3CN2S(=O)(=O)c2ccc(C)cc2)cc1OC. The van der Waals surface area contributed by atoms with Gasteiger partial charge in [-0.3, -0.25) is 4.79 Å². The molecule has 1 aliphatic heterocycles. The maximum Gasteiger partial charge on any atom is 0.244 e. The number of carbonyl (C=O) groups is 1. The first-order valence-electron chi connectivity index (χ1n) is 11.5. The first-order chi connectivity index (χ1) is 16.8. The summed E-state index contributed by atoms with van der Waals surface area (Å²) in [5.74, 6) is 0.948. The average Bonchev–Trinajstić information content (AvgIpc) is 2.88. The molecule has 184 valence electrons. The zero-order valence-electron chi connectivity index (χ0n) is 20.2. The quantitative estimate of drug-likeness (QED) is 0.518. The van der Waals surface area contributed by atoms with Crippen LogP contribution in [0, 0.1) is 6.92 Å². The lowest BCUT2D eigenvalue weighted by atomic mass is 9.95. The van der Waals surface area contributed by atoms with Crippen LogP contribution in [0.2, 0.25) is 0 Å². The molecule has 1 heterocycles. The number of hydrogen-bond donors (Lipinski definition) is 1. The lowest BCUT2D eigenvalue weighted by Crippen LogP contribution is -2.52. The normalized spacial score (nSPS) is 15.8. The number of rotatable bonds is 8. The molecule has 0 aliphatic carbocycles. The molecule has 0 spiro atoms. The lowest BCUT2D eigenvalue weighted by molar-refractivity contribution is -0.125. The number of ether oxygens (including phenoxy) is 2. The molecule has 0 fully saturated rings. The van der Waals surface area contributed by atoms with E-state index < -0.39 is 16.1 Å². The van der Waals surface area contributed by atoms with Gasteiger partial charge in [0.1, 0.15) is 6.04 Å². The van der Waals surface area contributed by atoms with Crippen molar-refractivity contribution in [3.05, 3.63) is 89.0 Å². The maximum atomic E-state index is 13.6. The van der Waals surface area contributed by atoms with Gasteiger partial charge in [0.05, 0.1) is 19.1 Å². The number of aryl methyl sites for hydroxylation is 1.